The van der Waals surface area contributed by atoms with Gasteiger partial charge in [0.05, 0.1) is 0 Å². The Morgan fingerprint density at radius 1 is 1.45 bits per heavy atom. The first-order chi connectivity index (χ1) is 10.4. The number of hydrogen-bond acceptors (Lipinski definition) is 4. The predicted molar refractivity (Wildman–Crippen MR) is 86.0 cm³/mol. The van der Waals surface area contributed by atoms with Crippen LogP contribution >= 0.6 is 0 Å². The van der Waals surface area contributed by atoms with Gasteiger partial charge in [-0.05, 0) is 64.5 Å². The zero-order valence-electron chi connectivity index (χ0n) is 13.7. The third-order valence-electron chi connectivity index (χ3n) is 3.74. The third-order valence-corrected chi connectivity index (χ3v) is 3.74. The molecule has 0 bridgehead atoms. The highest BCUT2D eigenvalue weighted by molar-refractivity contribution is 5.88. The van der Waals surface area contributed by atoms with Gasteiger partial charge in [-0.15, -0.1) is 0 Å². The molecular weight excluding hydrogens is 280 g/mol. The summed E-state index contributed by atoms with van der Waals surface area (Å²) in [5.74, 6) is 0.719. The number of unbranched alkanes of at least 4 members (excludes halogenated alkanes) is 1. The minimum atomic E-state index is -0.529. The first-order valence-electron chi connectivity index (χ1n) is 7.99. The number of aromatic nitrogens is 1. The van der Waals surface area contributed by atoms with Gasteiger partial charge in [0, 0.05) is 18.8 Å². The summed E-state index contributed by atoms with van der Waals surface area (Å²) in [4.78, 5) is 18.7. The molecule has 5 heteroatoms. The molecule has 2 heterocycles. The number of carbonyl (C=O) groups excluding carboxylic acids is 1. The molecule has 1 aromatic heterocycles. The van der Waals surface area contributed by atoms with Crippen LogP contribution in [0.2, 0.25) is 0 Å². The van der Waals surface area contributed by atoms with Crippen LogP contribution in [0.25, 0.3) is 0 Å². The first-order valence-corrected chi connectivity index (χ1v) is 7.99. The number of fused-ring (bicyclic) bond motifs is 1. The fourth-order valence-electron chi connectivity index (χ4n) is 2.78. The molecule has 122 valence electrons. The second kappa shape index (κ2) is 7.09. The smallest absolute Gasteiger partial charge is 0.416 e. The van der Waals surface area contributed by atoms with Crippen molar-refractivity contribution in [3.63, 3.8) is 0 Å². The fraction of sp³-hybridized carbons (Fsp3) is 0.647. The minimum absolute atomic E-state index is 0.0869. The Morgan fingerprint density at radius 3 is 2.91 bits per heavy atom. The lowest BCUT2D eigenvalue weighted by molar-refractivity contribution is 0.0556. The van der Waals surface area contributed by atoms with E-state index in [0.29, 0.717) is 0 Å². The largest absolute Gasteiger partial charge is 0.443 e. The Labute approximate surface area is 132 Å². The number of hydrogen-bond donors (Lipinski definition) is 1. The summed E-state index contributed by atoms with van der Waals surface area (Å²) in [6.07, 6.45) is 5.72. The van der Waals surface area contributed by atoms with E-state index in [2.05, 4.69) is 4.98 Å². The molecule has 1 amide bonds. The highest BCUT2D eigenvalue weighted by Gasteiger charge is 2.34. The van der Waals surface area contributed by atoms with Crippen molar-refractivity contribution in [1.82, 2.24) is 4.98 Å². The Morgan fingerprint density at radius 2 is 2.23 bits per heavy atom. The summed E-state index contributed by atoms with van der Waals surface area (Å²) >= 11 is 0. The molecule has 0 saturated heterocycles. The number of pyridine rings is 1. The number of aryl methyl sites for hydroxylation is 1. The Bertz CT molecular complexity index is 511. The lowest BCUT2D eigenvalue weighted by atomic mass is 9.95. The second-order valence-corrected chi connectivity index (χ2v) is 6.75. The standard InChI is InChI=1S/C17H26N2O3/c1-17(2,3)22-16(21)19-14(8-4-5-12-20)10-9-13-7-6-11-18-15(13)19/h6-7,11,14,20H,4-5,8-10,12H2,1-3H3. The Kier molecular flexibility index (Phi) is 5.40. The minimum Gasteiger partial charge on any atom is -0.443 e. The maximum Gasteiger partial charge on any atom is 0.416 e. The molecule has 0 aliphatic carbocycles. The summed E-state index contributed by atoms with van der Waals surface area (Å²) in [6, 6.07) is 4.01. The van der Waals surface area contributed by atoms with Gasteiger partial charge in [-0.3, -0.25) is 4.90 Å². The molecular formula is C17H26N2O3. The van der Waals surface area contributed by atoms with E-state index >= 15 is 0 Å². The van der Waals surface area contributed by atoms with Crippen LogP contribution in [0.5, 0.6) is 0 Å². The summed E-state index contributed by atoms with van der Waals surface area (Å²) in [6.45, 7) is 5.80. The topological polar surface area (TPSA) is 62.7 Å². The lowest BCUT2D eigenvalue weighted by Gasteiger charge is -2.37. The molecule has 1 N–H and O–H groups in total. The van der Waals surface area contributed by atoms with Gasteiger partial charge in [-0.1, -0.05) is 6.07 Å². The second-order valence-electron chi connectivity index (χ2n) is 6.75. The van der Waals surface area contributed by atoms with Crippen LogP contribution in [0.4, 0.5) is 10.6 Å². The van der Waals surface area contributed by atoms with E-state index in [1.165, 1.54) is 0 Å². The number of rotatable bonds is 4. The predicted octanol–water partition coefficient (Wildman–Crippen LogP) is 3.30. The molecule has 1 aliphatic heterocycles. The van der Waals surface area contributed by atoms with Gasteiger partial charge in [0.1, 0.15) is 11.4 Å². The van der Waals surface area contributed by atoms with Gasteiger partial charge in [-0.25, -0.2) is 9.78 Å². The SMILES string of the molecule is CC(C)(C)OC(=O)N1c2ncccc2CCC1CCCCO. The number of carbonyl (C=O) groups is 1. The molecule has 1 aromatic rings. The van der Waals surface area contributed by atoms with Crippen molar-refractivity contribution in [3.05, 3.63) is 23.9 Å². The van der Waals surface area contributed by atoms with E-state index in [-0.39, 0.29) is 18.7 Å². The van der Waals surface area contributed by atoms with Crippen LogP contribution in [0, 0.1) is 0 Å². The Balaban J connectivity index is 2.22. The zero-order valence-corrected chi connectivity index (χ0v) is 13.7. The van der Waals surface area contributed by atoms with Crippen LogP contribution in [0.15, 0.2) is 18.3 Å². The summed E-state index contributed by atoms with van der Waals surface area (Å²) in [7, 11) is 0. The monoisotopic (exact) mass is 306 g/mol. The van der Waals surface area contributed by atoms with Crippen LogP contribution < -0.4 is 4.90 Å². The molecule has 0 fully saturated rings. The van der Waals surface area contributed by atoms with Gasteiger partial charge in [0.25, 0.3) is 0 Å². The number of aliphatic hydroxyl groups excluding tert-OH is 1. The van der Waals surface area contributed by atoms with Crippen molar-refractivity contribution in [3.8, 4) is 0 Å². The Hall–Kier alpha value is -1.62. The van der Waals surface area contributed by atoms with Crippen molar-refractivity contribution in [2.45, 2.75) is 64.5 Å². The maximum atomic E-state index is 12.6. The first kappa shape index (κ1) is 16.7. The zero-order chi connectivity index (χ0) is 16.2. The van der Waals surface area contributed by atoms with E-state index in [0.717, 1.165) is 43.5 Å². The van der Waals surface area contributed by atoms with Crippen molar-refractivity contribution in [1.29, 1.82) is 0 Å². The molecule has 0 aromatic carbocycles. The van der Waals surface area contributed by atoms with Crippen molar-refractivity contribution in [2.75, 3.05) is 11.5 Å². The van der Waals surface area contributed by atoms with Gasteiger partial charge in [0.15, 0.2) is 0 Å². The molecule has 2 rings (SSSR count). The van der Waals surface area contributed by atoms with E-state index in [1.54, 1.807) is 11.1 Å². The van der Waals surface area contributed by atoms with Crippen LogP contribution in [-0.2, 0) is 11.2 Å². The van der Waals surface area contributed by atoms with E-state index < -0.39 is 5.60 Å². The lowest BCUT2D eigenvalue weighted by Crippen LogP contribution is -2.46. The molecule has 5 nitrogen and oxygen atoms in total. The van der Waals surface area contributed by atoms with Crippen molar-refractivity contribution >= 4 is 11.9 Å². The average molecular weight is 306 g/mol. The molecule has 0 saturated carbocycles. The average Bonchev–Trinajstić information content (AvgIpc) is 2.45. The van der Waals surface area contributed by atoms with Crippen LogP contribution in [0.3, 0.4) is 0 Å². The number of ether oxygens (including phenoxy) is 1. The highest BCUT2D eigenvalue weighted by atomic mass is 16.6. The third kappa shape index (κ3) is 4.19. The molecule has 22 heavy (non-hydrogen) atoms. The van der Waals surface area contributed by atoms with Crippen molar-refractivity contribution < 1.29 is 14.6 Å². The molecule has 1 unspecified atom stereocenters. The van der Waals surface area contributed by atoms with E-state index in [9.17, 15) is 4.79 Å². The molecule has 1 atom stereocenters. The summed E-state index contributed by atoms with van der Waals surface area (Å²) < 4.78 is 5.57. The summed E-state index contributed by atoms with van der Waals surface area (Å²) in [5, 5.41) is 8.96. The van der Waals surface area contributed by atoms with E-state index in [4.69, 9.17) is 9.84 Å². The van der Waals surface area contributed by atoms with Gasteiger partial charge < -0.3 is 9.84 Å². The normalized spacial score (nSPS) is 18.0. The summed E-state index contributed by atoms with van der Waals surface area (Å²) in [5.41, 5.74) is 0.561. The molecule has 0 radical (unpaired) electrons. The van der Waals surface area contributed by atoms with Crippen LogP contribution in [-0.4, -0.2) is 34.4 Å². The van der Waals surface area contributed by atoms with Crippen molar-refractivity contribution in [2.24, 2.45) is 0 Å². The maximum absolute atomic E-state index is 12.6. The number of aliphatic hydroxyl groups is 1. The molecule has 0 spiro atoms. The van der Waals surface area contributed by atoms with Gasteiger partial charge in [-0.2, -0.15) is 0 Å². The quantitative estimate of drug-likeness (QED) is 0.867. The fourth-order valence-corrected chi connectivity index (χ4v) is 2.78. The number of nitrogens with zero attached hydrogens (tertiary/aromatic N) is 2. The van der Waals surface area contributed by atoms with Crippen LogP contribution in [0.1, 0.15) is 52.0 Å². The van der Waals surface area contributed by atoms with Gasteiger partial charge >= 0.3 is 6.09 Å². The molecule has 1 aliphatic rings. The van der Waals surface area contributed by atoms with E-state index in [1.807, 2.05) is 32.9 Å². The number of anilines is 1. The highest BCUT2D eigenvalue weighted by Crippen LogP contribution is 2.32. The van der Waals surface area contributed by atoms with Gasteiger partial charge in [0.2, 0.25) is 0 Å². The number of amides is 1.